The van der Waals surface area contributed by atoms with E-state index in [9.17, 15) is 52.7 Å². The first kappa shape index (κ1) is 49.4. The molecule has 0 bridgehead atoms. The molecule has 0 aromatic heterocycles. The summed E-state index contributed by atoms with van der Waals surface area (Å²) in [6, 6.07) is 8.78. The maximum Gasteiger partial charge on any atom is 0.200 e. The molecule has 0 aliphatic carbocycles. The molecule has 5 aromatic carbocycles. The minimum Gasteiger partial charge on any atom is -0.331 e. The Labute approximate surface area is 338 Å². The summed E-state index contributed by atoms with van der Waals surface area (Å²) < 4.78 is 294. The van der Waals surface area contributed by atoms with Crippen LogP contribution in [0.3, 0.4) is 0 Å². The maximum absolute atomic E-state index is 15.4. The van der Waals surface area contributed by atoms with Gasteiger partial charge in [0.15, 0.2) is 69.8 Å². The highest BCUT2D eigenvalue weighted by Crippen LogP contribution is 2.30. The number of benzene rings is 5. The van der Waals surface area contributed by atoms with Crippen molar-refractivity contribution >= 4 is 28.0 Å². The molecule has 0 amide bonds. The summed E-state index contributed by atoms with van der Waals surface area (Å²) in [5.74, 6) is -69.9. The molecule has 0 atom stereocenters. The molecule has 0 unspecified atom stereocenters. The Hall–Kier alpha value is -5.28. The second-order valence-corrected chi connectivity index (χ2v) is 14.8. The molecule has 22 heteroatoms. The van der Waals surface area contributed by atoms with Crippen molar-refractivity contribution in [2.24, 2.45) is 11.8 Å². The molecule has 1 N–H and O–H groups in total. The molecule has 5 aromatic rings. The Bertz CT molecular complexity index is 2150. The van der Waals surface area contributed by atoms with Crippen LogP contribution >= 0.6 is 0 Å². The van der Waals surface area contributed by atoms with E-state index in [1.165, 1.54) is 30.8 Å². The average Bonchev–Trinajstić information content (AvgIpc) is 3.21. The molecule has 62 heavy (non-hydrogen) atoms. The van der Waals surface area contributed by atoms with Crippen molar-refractivity contribution in [2.75, 3.05) is 13.1 Å². The minimum absolute atomic E-state index is 0.771. The summed E-state index contributed by atoms with van der Waals surface area (Å²) in [5.41, 5.74) is -11.4. The molecular weight excluding hydrogens is 885 g/mol. The highest BCUT2D eigenvalue weighted by Gasteiger charge is 2.52. The van der Waals surface area contributed by atoms with Crippen molar-refractivity contribution in [3.8, 4) is 0 Å². The van der Waals surface area contributed by atoms with Crippen LogP contribution in [0.25, 0.3) is 0 Å². The van der Waals surface area contributed by atoms with Gasteiger partial charge < -0.3 is 4.90 Å². The van der Waals surface area contributed by atoms with Crippen molar-refractivity contribution in [1.82, 2.24) is 0 Å². The lowest BCUT2D eigenvalue weighted by atomic mass is 9.12. The van der Waals surface area contributed by atoms with Gasteiger partial charge in [-0.15, -0.1) is 21.9 Å². The van der Waals surface area contributed by atoms with Gasteiger partial charge in [0.1, 0.15) is 59.2 Å². The molecule has 0 saturated carbocycles. The van der Waals surface area contributed by atoms with Crippen LogP contribution in [0.2, 0.25) is 0 Å². The summed E-state index contributed by atoms with van der Waals surface area (Å²) in [7, 11) is 0. The normalized spacial score (nSPS) is 11.9. The van der Waals surface area contributed by atoms with Gasteiger partial charge in [-0.1, -0.05) is 52.0 Å². The number of aryl methyl sites for hydroxylation is 1. The van der Waals surface area contributed by atoms with Crippen molar-refractivity contribution in [3.63, 3.8) is 0 Å². The Balaban J connectivity index is 0.000000416. The van der Waals surface area contributed by atoms with Gasteiger partial charge in [0.25, 0.3) is 0 Å². The number of quaternary nitrogens is 1. The highest BCUT2D eigenvalue weighted by molar-refractivity contribution is 7.20. The molecule has 0 spiro atoms. The van der Waals surface area contributed by atoms with Gasteiger partial charge in [-0.3, -0.25) is 0 Å². The first-order valence-corrected chi connectivity index (χ1v) is 17.8. The topological polar surface area (TPSA) is 4.44 Å². The standard InChI is InChI=1S/C24BF20.C16H27N/c26-5-1(6(27)14(35)21(42)13(5)34)25(2-7(28)15(36)22(43)16(37)8(2)29,3-9(30)17(38)23(44)18(39)10(3)31)4-11(32)19(40)24(45)20(41)12(4)33;1-13(2)10-17(11-14(3)4)12-16-9-7-6-8-15(16)5/h;6-9,13-14H,10-12H2,1-5H3/q-1;/p+1. The number of hydrogen-bond donors (Lipinski definition) is 1. The largest absolute Gasteiger partial charge is 0.331 e. The minimum atomic E-state index is -7.22. The van der Waals surface area contributed by atoms with Gasteiger partial charge in [-0.05, 0) is 12.5 Å². The first-order valence-electron chi connectivity index (χ1n) is 17.8. The maximum atomic E-state index is 15.4. The van der Waals surface area contributed by atoms with Gasteiger partial charge in [0.2, 0.25) is 0 Å². The van der Waals surface area contributed by atoms with E-state index in [-0.39, 0.29) is 0 Å². The van der Waals surface area contributed by atoms with Crippen LogP contribution in [0.15, 0.2) is 24.3 Å². The van der Waals surface area contributed by atoms with E-state index in [0.717, 1.165) is 11.8 Å². The Morgan fingerprint density at radius 3 is 0.774 bits per heavy atom. The molecule has 0 fully saturated rings. The van der Waals surface area contributed by atoms with E-state index in [4.69, 9.17) is 0 Å². The van der Waals surface area contributed by atoms with E-state index in [0.29, 0.717) is 0 Å². The number of hydrogen-bond acceptors (Lipinski definition) is 0. The van der Waals surface area contributed by atoms with Crippen LogP contribution < -0.4 is 26.8 Å². The Morgan fingerprint density at radius 2 is 0.565 bits per heavy atom. The third kappa shape index (κ3) is 8.33. The summed E-state index contributed by atoms with van der Waals surface area (Å²) in [4.78, 5) is 1.71. The Kier molecular flexibility index (Phi) is 14.8. The Morgan fingerprint density at radius 1 is 0.355 bits per heavy atom. The van der Waals surface area contributed by atoms with Gasteiger partial charge in [0, 0.05) is 17.4 Å². The summed E-state index contributed by atoms with van der Waals surface area (Å²) in [5, 5.41) is 0. The smallest absolute Gasteiger partial charge is 0.200 e. The van der Waals surface area contributed by atoms with Gasteiger partial charge in [-0.25, -0.2) is 87.8 Å². The first-order chi connectivity index (χ1) is 28.7. The van der Waals surface area contributed by atoms with Crippen molar-refractivity contribution < 1.29 is 92.7 Å². The number of rotatable bonds is 10. The second kappa shape index (κ2) is 18.6. The molecule has 0 heterocycles. The van der Waals surface area contributed by atoms with E-state index in [2.05, 4.69) is 58.9 Å². The van der Waals surface area contributed by atoms with E-state index >= 15 is 35.1 Å². The zero-order chi connectivity index (χ0) is 47.2. The van der Waals surface area contributed by atoms with E-state index in [1.807, 2.05) is 0 Å². The molecule has 336 valence electrons. The van der Waals surface area contributed by atoms with Crippen LogP contribution in [0, 0.1) is 135 Å². The molecule has 0 aliphatic heterocycles. The zero-order valence-corrected chi connectivity index (χ0v) is 32.2. The highest BCUT2D eigenvalue weighted by atomic mass is 19.2. The fourth-order valence-corrected chi connectivity index (χ4v) is 7.33. The molecule has 0 saturated heterocycles. The molecule has 1 nitrogen and oxygen atoms in total. The zero-order valence-electron chi connectivity index (χ0n) is 32.2. The molecule has 0 aliphatic rings. The molecule has 5 rings (SSSR count). The quantitative estimate of drug-likeness (QED) is 0.0621. The predicted molar refractivity (Wildman–Crippen MR) is 184 cm³/mol. The molecular formula is C40H28BF20N. The lowest BCUT2D eigenvalue weighted by Crippen LogP contribution is -3.11. The van der Waals surface area contributed by atoms with Gasteiger partial charge in [0.05, 0.1) is 13.1 Å². The van der Waals surface area contributed by atoms with Crippen molar-refractivity contribution in [1.29, 1.82) is 0 Å². The van der Waals surface area contributed by atoms with Gasteiger partial charge >= 0.3 is 0 Å². The van der Waals surface area contributed by atoms with Crippen LogP contribution in [-0.2, 0) is 6.54 Å². The van der Waals surface area contributed by atoms with E-state index in [1.54, 1.807) is 4.90 Å². The van der Waals surface area contributed by atoms with E-state index < -0.39 is 144 Å². The third-order valence-corrected chi connectivity index (χ3v) is 9.80. The second-order valence-electron chi connectivity index (χ2n) is 14.8. The van der Waals surface area contributed by atoms with Crippen molar-refractivity contribution in [2.45, 2.75) is 41.2 Å². The summed E-state index contributed by atoms with van der Waals surface area (Å²) in [6.07, 6.45) is -7.22. The lowest BCUT2D eigenvalue weighted by molar-refractivity contribution is -0.919. The van der Waals surface area contributed by atoms with Gasteiger partial charge in [-0.2, -0.15) is 0 Å². The molecule has 0 radical (unpaired) electrons. The predicted octanol–water partition coefficient (Wildman–Crippen LogP) is 8.54. The van der Waals surface area contributed by atoms with Crippen molar-refractivity contribution in [3.05, 3.63) is 152 Å². The fraction of sp³-hybridized carbons (Fsp3) is 0.250. The monoisotopic (exact) mass is 913 g/mol. The van der Waals surface area contributed by atoms with Crippen LogP contribution in [0.5, 0.6) is 0 Å². The van der Waals surface area contributed by atoms with Crippen LogP contribution in [0.4, 0.5) is 87.8 Å². The summed E-state index contributed by atoms with van der Waals surface area (Å²) >= 11 is 0. The van der Waals surface area contributed by atoms with Crippen LogP contribution in [0.1, 0.15) is 38.8 Å². The number of halogens is 20. The average molecular weight is 913 g/mol. The van der Waals surface area contributed by atoms with Crippen LogP contribution in [-0.4, -0.2) is 19.2 Å². The fourth-order valence-electron chi connectivity index (χ4n) is 7.33. The lowest BCUT2D eigenvalue weighted by Gasteiger charge is -2.44. The third-order valence-electron chi connectivity index (χ3n) is 9.80. The summed E-state index contributed by atoms with van der Waals surface area (Å²) in [6.45, 7) is 15.2. The SMILES string of the molecule is Cc1ccccc1C[NH+](CC(C)C)CC(C)C.Fc1c(F)c(F)c([B-](c2c(F)c(F)c(F)c(F)c2F)(c2c(F)c(F)c(F)c(F)c2F)c2c(F)c(F)c(F)c(F)c2F)c(F)c1F. The number of nitrogens with one attached hydrogen (secondary N) is 1.